The van der Waals surface area contributed by atoms with Gasteiger partial charge in [0, 0.05) is 51.3 Å². The lowest BCUT2D eigenvalue weighted by molar-refractivity contribution is 0.318. The van der Waals surface area contributed by atoms with Gasteiger partial charge in [-0.2, -0.15) is 0 Å². The zero-order chi connectivity index (χ0) is 35.9. The van der Waals surface area contributed by atoms with Crippen LogP contribution in [0.4, 0.5) is 0 Å². The second kappa shape index (κ2) is 25.7. The first-order chi connectivity index (χ1) is 22.2. The number of nitrogens with one attached hydrogen (secondary N) is 3. The zero-order valence-corrected chi connectivity index (χ0v) is 33.2. The van der Waals surface area contributed by atoms with Gasteiger partial charge in [-0.25, -0.2) is 4.98 Å². The maximum Gasteiger partial charge on any atom is 0.251 e. The minimum atomic E-state index is -0.156. The monoisotopic (exact) mass is 787 g/mol. The van der Waals surface area contributed by atoms with Crippen LogP contribution in [-0.4, -0.2) is 56.2 Å². The lowest BCUT2D eigenvalue weighted by Crippen LogP contribution is -2.21. The number of aryl methyl sites for hydroxylation is 4. The Labute approximate surface area is 306 Å². The van der Waals surface area contributed by atoms with Crippen LogP contribution in [0.3, 0.4) is 0 Å². The Morgan fingerprint density at radius 1 is 0.809 bits per heavy atom. The summed E-state index contributed by atoms with van der Waals surface area (Å²) >= 11 is 21.5. The molecule has 0 amide bonds. The second-order valence-corrected chi connectivity index (χ2v) is 12.8. The van der Waals surface area contributed by atoms with E-state index in [2.05, 4.69) is 79.8 Å². The molecule has 0 radical (unpaired) electrons. The first kappa shape index (κ1) is 44.8. The first-order valence-corrected chi connectivity index (χ1v) is 18.4. The predicted octanol–water partition coefficient (Wildman–Crippen LogP) is 8.96. The topological polar surface area (TPSA) is 118 Å². The van der Waals surface area contributed by atoms with Crippen LogP contribution in [0.15, 0.2) is 63.3 Å². The molecule has 0 saturated carbocycles. The summed E-state index contributed by atoms with van der Waals surface area (Å²) in [4.78, 5) is 36.4. The van der Waals surface area contributed by atoms with Crippen molar-refractivity contribution in [3.05, 3.63) is 118 Å². The predicted molar refractivity (Wildman–Crippen MR) is 207 cm³/mol. The van der Waals surface area contributed by atoms with Crippen LogP contribution in [0, 0.1) is 32.5 Å². The number of hydrogen-bond acceptors (Lipinski definition) is 7. The van der Waals surface area contributed by atoms with E-state index in [1.807, 2.05) is 44.2 Å². The Bertz CT molecular complexity index is 1610. The highest BCUT2D eigenvalue weighted by atomic mass is 79.9. The molecule has 4 N–H and O–H groups in total. The fraction of sp³-hybridized carbons (Fsp3) is 0.412. The van der Waals surface area contributed by atoms with Crippen LogP contribution in [0.5, 0.6) is 0 Å². The molecule has 0 atom stereocenters. The van der Waals surface area contributed by atoms with Crippen LogP contribution in [0.25, 0.3) is 0 Å². The molecular formula is C34H48BrCl2N5O3S2. The number of aliphatic hydroxyl groups is 1. The summed E-state index contributed by atoms with van der Waals surface area (Å²) in [6.45, 7) is 19.7. The van der Waals surface area contributed by atoms with E-state index in [1.54, 1.807) is 20.8 Å². The largest absolute Gasteiger partial charge is 0.397 e. The highest BCUT2D eigenvalue weighted by Gasteiger charge is 2.04. The first-order valence-electron chi connectivity index (χ1n) is 15.1. The Hall–Kier alpha value is -2.25. The van der Waals surface area contributed by atoms with Gasteiger partial charge < -0.3 is 20.0 Å². The van der Waals surface area contributed by atoms with Crippen LogP contribution in [0.1, 0.15) is 61.3 Å². The number of rotatable bonds is 7. The summed E-state index contributed by atoms with van der Waals surface area (Å²) in [7, 11) is 0. The molecule has 2 aromatic carbocycles. The van der Waals surface area contributed by atoms with E-state index in [4.69, 9.17) is 28.3 Å². The van der Waals surface area contributed by atoms with E-state index in [0.717, 1.165) is 43.5 Å². The fourth-order valence-electron chi connectivity index (χ4n) is 3.56. The third-order valence-corrected chi connectivity index (χ3v) is 8.44. The quantitative estimate of drug-likeness (QED) is 0.0640. The number of nitrogens with zero attached hydrogens (tertiary/aromatic N) is 2. The molecule has 0 fully saturated rings. The third kappa shape index (κ3) is 20.7. The zero-order valence-electron chi connectivity index (χ0n) is 28.5. The molecule has 0 unspecified atom stereocenters. The lowest BCUT2D eigenvalue weighted by Gasteiger charge is -2.13. The summed E-state index contributed by atoms with van der Waals surface area (Å²) in [6.07, 6.45) is 0. The van der Waals surface area contributed by atoms with Crippen molar-refractivity contribution in [1.82, 2.24) is 24.8 Å². The van der Waals surface area contributed by atoms with E-state index in [-0.39, 0.29) is 17.7 Å². The van der Waals surface area contributed by atoms with Gasteiger partial charge in [0.05, 0.1) is 0 Å². The highest BCUT2D eigenvalue weighted by Crippen LogP contribution is 2.25. The van der Waals surface area contributed by atoms with Gasteiger partial charge >= 0.3 is 0 Å². The summed E-state index contributed by atoms with van der Waals surface area (Å²) in [5, 5.41) is 10.6. The number of thioether (sulfide) groups is 1. The van der Waals surface area contributed by atoms with Crippen LogP contribution >= 0.6 is 63.1 Å². The van der Waals surface area contributed by atoms with E-state index >= 15 is 0 Å². The Morgan fingerprint density at radius 3 is 1.68 bits per heavy atom. The molecule has 2 aromatic heterocycles. The molecule has 47 heavy (non-hydrogen) atoms. The van der Waals surface area contributed by atoms with Crippen molar-refractivity contribution >= 4 is 63.1 Å². The van der Waals surface area contributed by atoms with Crippen molar-refractivity contribution in [3.8, 4) is 0 Å². The molecule has 0 bridgehead atoms. The smallest absolute Gasteiger partial charge is 0.251 e. The lowest BCUT2D eigenvalue weighted by atomic mass is 10.2. The fourth-order valence-corrected chi connectivity index (χ4v) is 6.08. The van der Waals surface area contributed by atoms with Gasteiger partial charge in [-0.3, -0.25) is 14.6 Å². The molecule has 0 saturated heterocycles. The average Bonchev–Trinajstić information content (AvgIpc) is 2.98. The minimum absolute atomic E-state index is 0.125. The van der Waals surface area contributed by atoms with Crippen molar-refractivity contribution in [1.29, 1.82) is 0 Å². The van der Waals surface area contributed by atoms with Gasteiger partial charge in [-0.1, -0.05) is 95.9 Å². The van der Waals surface area contributed by atoms with Gasteiger partial charge in [0.25, 0.3) is 11.1 Å². The van der Waals surface area contributed by atoms with Gasteiger partial charge in [-0.05, 0) is 101 Å². The summed E-state index contributed by atoms with van der Waals surface area (Å²) < 4.78 is 0.375. The maximum atomic E-state index is 11.3. The number of aromatic nitrogens is 4. The normalized spacial score (nSPS) is 9.89. The molecule has 260 valence electrons. The van der Waals surface area contributed by atoms with Crippen LogP contribution in [0.2, 0.25) is 10.0 Å². The van der Waals surface area contributed by atoms with Crippen molar-refractivity contribution in [3.63, 3.8) is 0 Å². The Morgan fingerprint density at radius 2 is 1.30 bits per heavy atom. The molecule has 2 heterocycles. The van der Waals surface area contributed by atoms with Crippen molar-refractivity contribution in [2.24, 2.45) is 0 Å². The SMILES string of the molecule is CCN(CC)CC.CCO.Cc1cc(=O)[nH]c(=S)[nH]1.Cc1ccc(CBr)c(Cl)c1.Cc1ccc(CSc2nc(C)cc(=O)[nH]2)c(Cl)c1. The van der Waals surface area contributed by atoms with Gasteiger partial charge in [-0.15, -0.1) is 0 Å². The second-order valence-electron chi connectivity index (χ2n) is 10.0. The molecular weight excluding hydrogens is 741 g/mol. The molecule has 0 aliphatic rings. The molecule has 0 aliphatic heterocycles. The highest BCUT2D eigenvalue weighted by molar-refractivity contribution is 9.08. The van der Waals surface area contributed by atoms with E-state index in [9.17, 15) is 9.59 Å². The van der Waals surface area contributed by atoms with Gasteiger partial charge in [0.2, 0.25) is 0 Å². The number of halogens is 3. The van der Waals surface area contributed by atoms with E-state index in [0.29, 0.717) is 15.7 Å². The minimum Gasteiger partial charge on any atom is -0.397 e. The number of H-pyrrole nitrogens is 3. The number of alkyl halides is 1. The molecule has 0 spiro atoms. The molecule has 0 aliphatic carbocycles. The Balaban J connectivity index is 0.000000625. The summed E-state index contributed by atoms with van der Waals surface area (Å²) in [5.74, 6) is 0.686. The summed E-state index contributed by atoms with van der Waals surface area (Å²) in [6, 6.07) is 14.9. The van der Waals surface area contributed by atoms with E-state index in [1.165, 1.54) is 49.1 Å². The molecule has 4 aromatic rings. The number of aliphatic hydroxyl groups excluding tert-OH is 1. The molecule has 8 nitrogen and oxygen atoms in total. The average molecular weight is 790 g/mol. The maximum absolute atomic E-state index is 11.3. The van der Waals surface area contributed by atoms with Crippen LogP contribution < -0.4 is 11.1 Å². The third-order valence-electron chi connectivity index (χ3n) is 6.01. The molecule has 13 heteroatoms. The number of benzene rings is 2. The van der Waals surface area contributed by atoms with Gasteiger partial charge in [0.1, 0.15) is 0 Å². The summed E-state index contributed by atoms with van der Waals surface area (Å²) in [5.41, 5.74) is 5.74. The van der Waals surface area contributed by atoms with Crippen molar-refractivity contribution in [2.45, 2.75) is 71.6 Å². The number of aromatic amines is 3. The molecule has 4 rings (SSSR count). The van der Waals surface area contributed by atoms with Gasteiger partial charge in [0.15, 0.2) is 9.93 Å². The van der Waals surface area contributed by atoms with E-state index < -0.39 is 0 Å². The van der Waals surface area contributed by atoms with Crippen molar-refractivity contribution in [2.75, 3.05) is 26.2 Å². The van der Waals surface area contributed by atoms with Crippen LogP contribution in [-0.2, 0) is 11.1 Å². The van der Waals surface area contributed by atoms with Crippen molar-refractivity contribution < 1.29 is 5.11 Å². The number of hydrogen-bond donors (Lipinski definition) is 4. The standard InChI is InChI=1S/C13H13ClN2OS.C8H8BrCl.C6H15N.C5H6N2OS.C2H6O/c1-8-3-4-10(11(14)5-8)7-18-13-15-9(2)6-12(17)16-13;1-6-2-3-7(5-9)8(10)4-6;1-4-7(5-2)6-3;1-3-2-4(8)7-5(9)6-3;1-2-3/h3-6H,7H2,1-2H3,(H,15,16,17);2-4H,5H2,1H3;4-6H2,1-3H3;2H,1H3,(H2,6,7,8,9);3H,2H2,1H3. The Kier molecular flexibility index (Phi) is 24.5.